The molecule has 2 aromatic carbocycles. The third kappa shape index (κ3) is 4.14. The molecule has 0 bridgehead atoms. The van der Waals surface area contributed by atoms with Crippen LogP contribution in [-0.4, -0.2) is 0 Å². The third-order valence-electron chi connectivity index (χ3n) is 3.03. The molecule has 1 nitrogen and oxygen atoms in total. The molecule has 2 aromatic rings. The fourth-order valence-electron chi connectivity index (χ4n) is 1.84. The first-order valence-electron chi connectivity index (χ1n) is 6.13. The Hall–Kier alpha value is -1.20. The number of hydrogen-bond acceptors (Lipinski definition) is 1. The van der Waals surface area contributed by atoms with Crippen LogP contribution >= 0.6 is 27.5 Å². The molecule has 0 atom stereocenters. The maximum atomic E-state index is 12.7. The van der Waals surface area contributed by atoms with Crippen LogP contribution in [0.4, 0.5) is 18.9 Å². The van der Waals surface area contributed by atoms with Crippen LogP contribution in [0.3, 0.4) is 0 Å². The first-order valence-corrected chi connectivity index (χ1v) is 7.30. The molecule has 1 N–H and O–H groups in total. The van der Waals surface area contributed by atoms with Gasteiger partial charge >= 0.3 is 6.18 Å². The van der Waals surface area contributed by atoms with Gasteiger partial charge in [-0.3, -0.25) is 0 Å². The second-order valence-electron chi connectivity index (χ2n) is 4.63. The van der Waals surface area contributed by atoms with Gasteiger partial charge in [0.05, 0.1) is 10.6 Å². The normalized spacial score (nSPS) is 11.5. The minimum Gasteiger partial charge on any atom is -0.381 e. The second kappa shape index (κ2) is 6.28. The van der Waals surface area contributed by atoms with Gasteiger partial charge in [0, 0.05) is 16.7 Å². The van der Waals surface area contributed by atoms with Crippen LogP contribution in [0.25, 0.3) is 0 Å². The van der Waals surface area contributed by atoms with Crippen molar-refractivity contribution in [3.8, 4) is 0 Å². The first kappa shape index (κ1) is 16.2. The number of aryl methyl sites for hydroxylation is 1. The average Bonchev–Trinajstić information content (AvgIpc) is 2.40. The fourth-order valence-corrected chi connectivity index (χ4v) is 2.38. The molecule has 0 aliphatic carbocycles. The van der Waals surface area contributed by atoms with Crippen LogP contribution in [0.15, 0.2) is 40.9 Å². The van der Waals surface area contributed by atoms with Crippen LogP contribution in [0.5, 0.6) is 0 Å². The molecule has 2 rings (SSSR count). The summed E-state index contributed by atoms with van der Waals surface area (Å²) < 4.78 is 38.9. The van der Waals surface area contributed by atoms with E-state index < -0.39 is 11.7 Å². The van der Waals surface area contributed by atoms with Crippen molar-refractivity contribution in [1.29, 1.82) is 0 Å². The Labute approximate surface area is 134 Å². The molecule has 0 unspecified atom stereocenters. The molecule has 0 saturated carbocycles. The summed E-state index contributed by atoms with van der Waals surface area (Å²) >= 11 is 9.22. The molecule has 112 valence electrons. The molecule has 6 heteroatoms. The van der Waals surface area contributed by atoms with Gasteiger partial charge in [-0.25, -0.2) is 0 Å². The predicted octanol–water partition coefficient (Wildman–Crippen LogP) is 6.04. The summed E-state index contributed by atoms with van der Waals surface area (Å²) in [6.45, 7) is 2.18. The molecule has 0 spiro atoms. The van der Waals surface area contributed by atoms with E-state index in [2.05, 4.69) is 21.2 Å². The zero-order valence-electron chi connectivity index (χ0n) is 11.1. The van der Waals surface area contributed by atoms with Gasteiger partial charge in [0.2, 0.25) is 0 Å². The number of anilines is 1. The molecule has 0 amide bonds. The summed E-state index contributed by atoms with van der Waals surface area (Å²) in [7, 11) is 0. The van der Waals surface area contributed by atoms with E-state index in [1.807, 2.05) is 12.1 Å². The molecule has 0 fully saturated rings. The van der Waals surface area contributed by atoms with Gasteiger partial charge in [0.1, 0.15) is 0 Å². The van der Waals surface area contributed by atoms with Crippen molar-refractivity contribution in [3.63, 3.8) is 0 Å². The lowest BCUT2D eigenvalue weighted by Gasteiger charge is -2.13. The Morgan fingerprint density at radius 2 is 1.86 bits per heavy atom. The zero-order valence-corrected chi connectivity index (χ0v) is 13.4. The Kier molecular flexibility index (Phi) is 4.84. The highest BCUT2D eigenvalue weighted by Gasteiger charge is 2.30. The van der Waals surface area contributed by atoms with Crippen molar-refractivity contribution in [2.75, 3.05) is 5.32 Å². The summed E-state index contributed by atoms with van der Waals surface area (Å²) in [5, 5.41) is 3.62. The lowest BCUT2D eigenvalue weighted by Crippen LogP contribution is -2.07. The van der Waals surface area contributed by atoms with Crippen LogP contribution in [-0.2, 0) is 12.7 Å². The monoisotopic (exact) mass is 377 g/mol. The molecule has 0 radical (unpaired) electrons. The van der Waals surface area contributed by atoms with Gasteiger partial charge in [-0.1, -0.05) is 23.7 Å². The van der Waals surface area contributed by atoms with Gasteiger partial charge in [-0.15, -0.1) is 0 Å². The SMILES string of the molecule is Cc1ccc(C(F)(F)F)cc1NCc1ccc(Cl)c(Br)c1. The summed E-state index contributed by atoms with van der Waals surface area (Å²) in [6, 6.07) is 9.06. The van der Waals surface area contributed by atoms with Crippen molar-refractivity contribution in [1.82, 2.24) is 0 Å². The zero-order chi connectivity index (χ0) is 15.6. The summed E-state index contributed by atoms with van der Waals surface area (Å²) in [6.07, 6.45) is -4.34. The molecule has 0 aliphatic heterocycles. The summed E-state index contributed by atoms with van der Waals surface area (Å²) in [5.74, 6) is 0. The van der Waals surface area contributed by atoms with Crippen LogP contribution in [0.1, 0.15) is 16.7 Å². The second-order valence-corrected chi connectivity index (χ2v) is 5.89. The highest BCUT2D eigenvalue weighted by molar-refractivity contribution is 9.10. The number of rotatable bonds is 3. The molecular weight excluding hydrogens is 367 g/mol. The van der Waals surface area contributed by atoms with E-state index in [1.54, 1.807) is 13.0 Å². The highest BCUT2D eigenvalue weighted by atomic mass is 79.9. The Morgan fingerprint density at radius 3 is 2.48 bits per heavy atom. The smallest absolute Gasteiger partial charge is 0.381 e. The van der Waals surface area contributed by atoms with Crippen LogP contribution in [0, 0.1) is 6.92 Å². The lowest BCUT2D eigenvalue weighted by atomic mass is 10.1. The standard InChI is InChI=1S/C15H12BrClF3N/c1-9-2-4-11(15(18,19)20)7-14(9)21-8-10-3-5-13(17)12(16)6-10/h2-7,21H,8H2,1H3. The molecule has 21 heavy (non-hydrogen) atoms. The fraction of sp³-hybridized carbons (Fsp3) is 0.200. The molecule has 0 aromatic heterocycles. The van der Waals surface area contributed by atoms with Crippen molar-refractivity contribution in [2.45, 2.75) is 19.6 Å². The average molecular weight is 379 g/mol. The number of hydrogen-bond donors (Lipinski definition) is 1. The minimum absolute atomic E-state index is 0.415. The summed E-state index contributed by atoms with van der Waals surface area (Å²) in [5.41, 5.74) is 1.49. The van der Waals surface area contributed by atoms with Crippen molar-refractivity contribution in [2.24, 2.45) is 0 Å². The maximum absolute atomic E-state index is 12.7. The van der Waals surface area contributed by atoms with Gasteiger partial charge in [-0.05, 0) is 58.2 Å². The van der Waals surface area contributed by atoms with E-state index in [0.717, 1.165) is 27.7 Å². The van der Waals surface area contributed by atoms with Gasteiger partial charge < -0.3 is 5.32 Å². The van der Waals surface area contributed by atoms with Crippen LogP contribution < -0.4 is 5.32 Å². The Balaban J connectivity index is 2.17. The highest BCUT2D eigenvalue weighted by Crippen LogP contribution is 2.32. The number of halogens is 5. The summed E-state index contributed by atoms with van der Waals surface area (Å²) in [4.78, 5) is 0. The predicted molar refractivity (Wildman–Crippen MR) is 82.7 cm³/mol. The van der Waals surface area contributed by atoms with Crippen molar-refractivity contribution >= 4 is 33.2 Å². The number of nitrogens with one attached hydrogen (secondary N) is 1. The van der Waals surface area contributed by atoms with Crippen LogP contribution in [0.2, 0.25) is 5.02 Å². The molecule has 0 aliphatic rings. The topological polar surface area (TPSA) is 12.0 Å². The van der Waals surface area contributed by atoms with Gasteiger partial charge in [0.25, 0.3) is 0 Å². The van der Waals surface area contributed by atoms with E-state index in [-0.39, 0.29) is 0 Å². The maximum Gasteiger partial charge on any atom is 0.416 e. The van der Waals surface area contributed by atoms with E-state index in [4.69, 9.17) is 11.6 Å². The van der Waals surface area contributed by atoms with E-state index in [1.165, 1.54) is 6.07 Å². The Bertz CT molecular complexity index is 656. The molecule has 0 heterocycles. The van der Waals surface area contributed by atoms with E-state index in [0.29, 0.717) is 17.3 Å². The quantitative estimate of drug-likeness (QED) is 0.686. The van der Waals surface area contributed by atoms with E-state index in [9.17, 15) is 13.2 Å². The lowest BCUT2D eigenvalue weighted by molar-refractivity contribution is -0.137. The molecule has 0 saturated heterocycles. The number of benzene rings is 2. The first-order chi connectivity index (χ1) is 9.77. The van der Waals surface area contributed by atoms with Gasteiger partial charge in [0.15, 0.2) is 0 Å². The van der Waals surface area contributed by atoms with Crippen molar-refractivity contribution < 1.29 is 13.2 Å². The van der Waals surface area contributed by atoms with Gasteiger partial charge in [-0.2, -0.15) is 13.2 Å². The molecular formula is C15H12BrClF3N. The number of alkyl halides is 3. The van der Waals surface area contributed by atoms with Crippen molar-refractivity contribution in [3.05, 3.63) is 62.6 Å². The van der Waals surface area contributed by atoms with E-state index >= 15 is 0 Å². The Morgan fingerprint density at radius 1 is 1.14 bits per heavy atom. The minimum atomic E-state index is -4.34. The largest absolute Gasteiger partial charge is 0.416 e. The third-order valence-corrected chi connectivity index (χ3v) is 4.25.